The Bertz CT molecular complexity index is 271. The Morgan fingerprint density at radius 2 is 2.29 bits per heavy atom. The Labute approximate surface area is 96.1 Å². The summed E-state index contributed by atoms with van der Waals surface area (Å²) in [7, 11) is 1.18. The summed E-state index contributed by atoms with van der Waals surface area (Å²) in [4.78, 5) is 12.5. The Hall–Kier alpha value is -0.860. The van der Waals surface area contributed by atoms with Crippen LogP contribution in [0.2, 0.25) is 0 Å². The maximum atomic E-state index is 12.1. The first-order chi connectivity index (χ1) is 7.84. The van der Waals surface area contributed by atoms with Gasteiger partial charge in [0.25, 0.3) is 0 Å². The number of nitrogens with zero attached hydrogens (tertiary/aromatic N) is 1. The minimum Gasteiger partial charge on any atom is -0.467 e. The van der Waals surface area contributed by atoms with Crippen LogP contribution in [-0.4, -0.2) is 67.7 Å². The Morgan fingerprint density at radius 1 is 1.65 bits per heavy atom. The third-order valence-electron chi connectivity index (χ3n) is 2.42. The lowest BCUT2D eigenvalue weighted by molar-refractivity contribution is -0.211. The number of rotatable bonds is 3. The number of carbonyl (C=O) groups excluding carboxylic acids is 1. The number of morpholine rings is 1. The van der Waals surface area contributed by atoms with Gasteiger partial charge >= 0.3 is 12.1 Å². The second-order valence-electron chi connectivity index (χ2n) is 3.70. The van der Waals surface area contributed by atoms with Crippen LogP contribution in [0.25, 0.3) is 0 Å². The Morgan fingerprint density at radius 3 is 2.82 bits per heavy atom. The number of aliphatic hydroxyl groups is 1. The van der Waals surface area contributed by atoms with E-state index in [4.69, 9.17) is 9.84 Å². The number of β-amino-alcohol motifs (C(OH)–C–C–N with tert-alkyl or cyclic N) is 1. The zero-order valence-electron chi connectivity index (χ0n) is 9.24. The van der Waals surface area contributed by atoms with Gasteiger partial charge in [0.1, 0.15) is 0 Å². The highest BCUT2D eigenvalue weighted by atomic mass is 19.4. The molecule has 2 atom stereocenters. The van der Waals surface area contributed by atoms with Crippen molar-refractivity contribution in [3.63, 3.8) is 0 Å². The average molecular weight is 257 g/mol. The van der Waals surface area contributed by atoms with Crippen LogP contribution in [0, 0.1) is 0 Å². The van der Waals surface area contributed by atoms with Crippen LogP contribution in [0.15, 0.2) is 0 Å². The molecule has 8 heteroatoms. The molecule has 0 amide bonds. The van der Waals surface area contributed by atoms with Gasteiger partial charge in [-0.1, -0.05) is 0 Å². The van der Waals surface area contributed by atoms with Gasteiger partial charge in [0.2, 0.25) is 0 Å². The molecule has 0 saturated carbocycles. The molecule has 1 N–H and O–H groups in total. The highest BCUT2D eigenvalue weighted by Crippen LogP contribution is 2.21. The van der Waals surface area contributed by atoms with Gasteiger partial charge in [0.05, 0.1) is 13.7 Å². The third-order valence-corrected chi connectivity index (χ3v) is 2.42. The second-order valence-corrected chi connectivity index (χ2v) is 3.70. The number of esters is 1. The van der Waals surface area contributed by atoms with Crippen molar-refractivity contribution >= 4 is 5.97 Å². The van der Waals surface area contributed by atoms with E-state index in [1.165, 1.54) is 12.0 Å². The summed E-state index contributed by atoms with van der Waals surface area (Å²) in [6, 6.07) is 0. The maximum absolute atomic E-state index is 12.1. The number of carbonyl (C=O) groups is 1. The molecule has 0 bridgehead atoms. The van der Waals surface area contributed by atoms with E-state index in [0.717, 1.165) is 0 Å². The molecule has 2 unspecified atom stereocenters. The molecule has 1 aliphatic heterocycles. The van der Waals surface area contributed by atoms with Crippen molar-refractivity contribution in [1.82, 2.24) is 4.90 Å². The minimum atomic E-state index is -4.65. The van der Waals surface area contributed by atoms with Crippen molar-refractivity contribution in [3.8, 4) is 0 Å². The molecule has 0 aliphatic carbocycles. The summed E-state index contributed by atoms with van der Waals surface area (Å²) in [6.07, 6.45) is -7.97. The fraction of sp³-hybridized carbons (Fsp3) is 0.889. The van der Waals surface area contributed by atoms with Crippen molar-refractivity contribution in [2.45, 2.75) is 18.4 Å². The number of alkyl halides is 3. The van der Waals surface area contributed by atoms with Crippen LogP contribution in [0.3, 0.4) is 0 Å². The van der Waals surface area contributed by atoms with Crippen LogP contribution in [0.4, 0.5) is 13.2 Å². The summed E-state index contributed by atoms with van der Waals surface area (Å²) in [5.74, 6) is -0.629. The predicted molar refractivity (Wildman–Crippen MR) is 50.3 cm³/mol. The van der Waals surface area contributed by atoms with Crippen LogP contribution in [0.5, 0.6) is 0 Å². The molecule has 0 aromatic rings. The summed E-state index contributed by atoms with van der Waals surface area (Å²) in [5, 5.41) is 8.90. The SMILES string of the molecule is COC(=O)C1CN(CC(O)C(F)(F)F)CCO1. The molecule has 0 aromatic carbocycles. The first kappa shape index (κ1) is 14.2. The van der Waals surface area contributed by atoms with Gasteiger partial charge in [0.15, 0.2) is 12.2 Å². The molecule has 100 valence electrons. The summed E-state index contributed by atoms with van der Waals surface area (Å²) >= 11 is 0. The van der Waals surface area contributed by atoms with E-state index in [-0.39, 0.29) is 19.7 Å². The van der Waals surface area contributed by atoms with Gasteiger partial charge in [-0.05, 0) is 0 Å². The largest absolute Gasteiger partial charge is 0.467 e. The van der Waals surface area contributed by atoms with Gasteiger partial charge < -0.3 is 14.6 Å². The summed E-state index contributed by atoms with van der Waals surface area (Å²) in [6.45, 7) is -0.217. The number of hydrogen-bond donors (Lipinski definition) is 1. The quantitative estimate of drug-likeness (QED) is 0.709. The van der Waals surface area contributed by atoms with Crippen LogP contribution >= 0.6 is 0 Å². The number of ether oxygens (including phenoxy) is 2. The molecule has 1 saturated heterocycles. The van der Waals surface area contributed by atoms with E-state index >= 15 is 0 Å². The Kier molecular flexibility index (Phi) is 4.72. The maximum Gasteiger partial charge on any atom is 0.415 e. The van der Waals surface area contributed by atoms with Crippen molar-refractivity contribution in [3.05, 3.63) is 0 Å². The predicted octanol–water partition coefficient (Wildman–Crippen LogP) is -0.217. The molecule has 1 heterocycles. The van der Waals surface area contributed by atoms with Gasteiger partial charge in [-0.25, -0.2) is 4.79 Å². The topological polar surface area (TPSA) is 59.0 Å². The number of methoxy groups -OCH3 is 1. The average Bonchev–Trinajstić information content (AvgIpc) is 2.27. The summed E-state index contributed by atoms with van der Waals surface area (Å²) in [5.41, 5.74) is 0. The van der Waals surface area contributed by atoms with Gasteiger partial charge in [-0.2, -0.15) is 13.2 Å². The van der Waals surface area contributed by atoms with Crippen molar-refractivity contribution in [2.24, 2.45) is 0 Å². The van der Waals surface area contributed by atoms with Gasteiger partial charge in [-0.3, -0.25) is 4.90 Å². The van der Waals surface area contributed by atoms with Crippen molar-refractivity contribution in [2.75, 3.05) is 33.4 Å². The van der Waals surface area contributed by atoms with Gasteiger partial charge in [0, 0.05) is 19.6 Å². The molecule has 5 nitrogen and oxygen atoms in total. The number of aliphatic hydroxyl groups excluding tert-OH is 1. The summed E-state index contributed by atoms with van der Waals surface area (Å²) < 4.78 is 45.9. The first-order valence-corrected chi connectivity index (χ1v) is 5.01. The molecular weight excluding hydrogens is 243 g/mol. The standard InChI is InChI=1S/C9H14F3NO4/c1-16-8(15)6-4-13(2-3-17-6)5-7(14)9(10,11)12/h6-7,14H,2-5H2,1H3. The van der Waals surface area contributed by atoms with E-state index < -0.39 is 30.9 Å². The van der Waals surface area contributed by atoms with E-state index in [2.05, 4.69) is 4.74 Å². The lowest BCUT2D eigenvalue weighted by atomic mass is 10.2. The second kappa shape index (κ2) is 5.65. The van der Waals surface area contributed by atoms with E-state index in [1.54, 1.807) is 0 Å². The highest BCUT2D eigenvalue weighted by Gasteiger charge is 2.40. The van der Waals surface area contributed by atoms with Gasteiger partial charge in [-0.15, -0.1) is 0 Å². The molecule has 0 spiro atoms. The molecule has 0 aromatic heterocycles. The number of halogens is 3. The third kappa shape index (κ3) is 4.14. The number of hydrogen-bond acceptors (Lipinski definition) is 5. The fourth-order valence-corrected chi connectivity index (χ4v) is 1.49. The Balaban J connectivity index is 2.47. The lowest BCUT2D eigenvalue weighted by Gasteiger charge is -2.32. The minimum absolute atomic E-state index is 0.0141. The van der Waals surface area contributed by atoms with Crippen LogP contribution in [0.1, 0.15) is 0 Å². The molecule has 1 fully saturated rings. The van der Waals surface area contributed by atoms with Crippen molar-refractivity contribution < 1.29 is 32.5 Å². The lowest BCUT2D eigenvalue weighted by Crippen LogP contribution is -2.50. The van der Waals surface area contributed by atoms with E-state index in [9.17, 15) is 18.0 Å². The normalized spacial score (nSPS) is 24.4. The molecule has 1 aliphatic rings. The van der Waals surface area contributed by atoms with Crippen LogP contribution in [-0.2, 0) is 14.3 Å². The van der Waals surface area contributed by atoms with Crippen LogP contribution < -0.4 is 0 Å². The van der Waals surface area contributed by atoms with E-state index in [1.807, 2.05) is 0 Å². The highest BCUT2D eigenvalue weighted by molar-refractivity contribution is 5.74. The molecule has 17 heavy (non-hydrogen) atoms. The smallest absolute Gasteiger partial charge is 0.415 e. The molecular formula is C9H14F3NO4. The zero-order valence-corrected chi connectivity index (χ0v) is 9.24. The molecule has 0 radical (unpaired) electrons. The zero-order chi connectivity index (χ0) is 13.1. The first-order valence-electron chi connectivity index (χ1n) is 5.01. The monoisotopic (exact) mass is 257 g/mol. The van der Waals surface area contributed by atoms with E-state index in [0.29, 0.717) is 0 Å². The van der Waals surface area contributed by atoms with Crippen molar-refractivity contribution in [1.29, 1.82) is 0 Å². The fourth-order valence-electron chi connectivity index (χ4n) is 1.49. The molecule has 1 rings (SSSR count).